The van der Waals surface area contributed by atoms with E-state index in [1.807, 2.05) is 26.0 Å². The van der Waals surface area contributed by atoms with Crippen molar-refractivity contribution < 1.29 is 9.53 Å². The van der Waals surface area contributed by atoms with Gasteiger partial charge in [0.15, 0.2) is 5.78 Å². The van der Waals surface area contributed by atoms with E-state index >= 15 is 0 Å². The Balaban J connectivity index is 2.83. The van der Waals surface area contributed by atoms with Gasteiger partial charge in [0.25, 0.3) is 0 Å². The third kappa shape index (κ3) is 3.57. The van der Waals surface area contributed by atoms with E-state index in [4.69, 9.17) is 10.5 Å². The molecule has 3 heteroatoms. The lowest BCUT2D eigenvalue weighted by Crippen LogP contribution is -2.13. The molecule has 0 saturated heterocycles. The predicted molar refractivity (Wildman–Crippen MR) is 74.3 cm³/mol. The van der Waals surface area contributed by atoms with E-state index in [1.54, 1.807) is 7.11 Å². The monoisotopic (exact) mass is 249 g/mol. The zero-order chi connectivity index (χ0) is 13.7. The summed E-state index contributed by atoms with van der Waals surface area (Å²) in [4.78, 5) is 12.2. The molecule has 2 N–H and O–H groups in total. The van der Waals surface area contributed by atoms with Crippen LogP contribution in [0.3, 0.4) is 0 Å². The van der Waals surface area contributed by atoms with Crippen molar-refractivity contribution in [2.45, 2.75) is 33.6 Å². The maximum absolute atomic E-state index is 12.2. The summed E-state index contributed by atoms with van der Waals surface area (Å²) in [5.41, 5.74) is 8.34. The van der Waals surface area contributed by atoms with E-state index in [9.17, 15) is 4.79 Å². The second kappa shape index (κ2) is 6.55. The number of nitrogens with two attached hydrogens (primary N) is 1. The third-order valence-electron chi connectivity index (χ3n) is 3.31. The molecule has 0 bridgehead atoms. The van der Waals surface area contributed by atoms with Gasteiger partial charge in [-0.1, -0.05) is 6.92 Å². The first-order chi connectivity index (χ1) is 8.49. The van der Waals surface area contributed by atoms with Gasteiger partial charge >= 0.3 is 0 Å². The van der Waals surface area contributed by atoms with Crippen LogP contribution in [-0.2, 0) is 0 Å². The van der Waals surface area contributed by atoms with Crippen molar-refractivity contribution in [2.24, 2.45) is 11.7 Å². The average molecular weight is 249 g/mol. The van der Waals surface area contributed by atoms with Crippen molar-refractivity contribution >= 4 is 5.78 Å². The number of carbonyl (C=O) groups excluding carboxylic acids is 1. The van der Waals surface area contributed by atoms with Crippen LogP contribution in [0.15, 0.2) is 12.1 Å². The number of benzene rings is 1. The van der Waals surface area contributed by atoms with E-state index < -0.39 is 0 Å². The number of ketones is 1. The molecule has 1 unspecified atom stereocenters. The minimum Gasteiger partial charge on any atom is -0.496 e. The van der Waals surface area contributed by atoms with Crippen LogP contribution in [-0.4, -0.2) is 19.4 Å². The SMILES string of the molecule is COc1cc(C)c(C(=O)CCC(C)CN)cc1C. The Bertz CT molecular complexity index is 427. The summed E-state index contributed by atoms with van der Waals surface area (Å²) < 4.78 is 5.25. The lowest BCUT2D eigenvalue weighted by molar-refractivity contribution is 0.0974. The van der Waals surface area contributed by atoms with Crippen molar-refractivity contribution in [3.63, 3.8) is 0 Å². The van der Waals surface area contributed by atoms with Gasteiger partial charge in [-0.05, 0) is 56.0 Å². The quantitative estimate of drug-likeness (QED) is 0.789. The molecular weight excluding hydrogens is 226 g/mol. The predicted octanol–water partition coefficient (Wildman–Crippen LogP) is 2.87. The van der Waals surface area contributed by atoms with Crippen LogP contribution in [0, 0.1) is 19.8 Å². The second-order valence-corrected chi connectivity index (χ2v) is 4.94. The molecule has 0 aliphatic heterocycles. The van der Waals surface area contributed by atoms with Gasteiger partial charge in [0.1, 0.15) is 5.75 Å². The number of aryl methyl sites for hydroxylation is 2. The smallest absolute Gasteiger partial charge is 0.163 e. The number of carbonyl (C=O) groups is 1. The molecule has 0 heterocycles. The molecule has 0 aromatic heterocycles. The van der Waals surface area contributed by atoms with Crippen molar-refractivity contribution in [1.29, 1.82) is 0 Å². The summed E-state index contributed by atoms with van der Waals surface area (Å²) in [6.07, 6.45) is 1.41. The average Bonchev–Trinajstić information content (AvgIpc) is 2.37. The number of hydrogen-bond donors (Lipinski definition) is 1. The molecule has 18 heavy (non-hydrogen) atoms. The Labute approximate surface area is 109 Å². The van der Waals surface area contributed by atoms with Crippen molar-refractivity contribution in [3.8, 4) is 5.75 Å². The van der Waals surface area contributed by atoms with Crippen molar-refractivity contribution in [3.05, 3.63) is 28.8 Å². The lowest BCUT2D eigenvalue weighted by Gasteiger charge is -2.12. The van der Waals surface area contributed by atoms with E-state index in [-0.39, 0.29) is 5.78 Å². The standard InChI is InChI=1S/C15H23NO2/c1-10(9-16)5-6-14(17)13-7-12(3)15(18-4)8-11(13)2/h7-8,10H,5-6,9,16H2,1-4H3. The van der Waals surface area contributed by atoms with Crippen molar-refractivity contribution in [2.75, 3.05) is 13.7 Å². The first-order valence-electron chi connectivity index (χ1n) is 6.38. The van der Waals surface area contributed by atoms with Gasteiger partial charge in [0.05, 0.1) is 7.11 Å². The first-order valence-corrected chi connectivity index (χ1v) is 6.38. The molecule has 1 aromatic carbocycles. The molecule has 0 fully saturated rings. The minimum atomic E-state index is 0.193. The largest absolute Gasteiger partial charge is 0.496 e. The molecule has 0 aliphatic rings. The Hall–Kier alpha value is -1.35. The minimum absolute atomic E-state index is 0.193. The number of Topliss-reactive ketones (excluding diaryl/α,β-unsaturated/α-hetero) is 1. The summed E-state index contributed by atoms with van der Waals surface area (Å²) in [6.45, 7) is 6.60. The van der Waals surface area contributed by atoms with E-state index in [0.717, 1.165) is 28.9 Å². The van der Waals surface area contributed by atoms with Crippen LogP contribution in [0.1, 0.15) is 41.3 Å². The third-order valence-corrected chi connectivity index (χ3v) is 3.31. The van der Waals surface area contributed by atoms with Crippen LogP contribution in [0.4, 0.5) is 0 Å². The highest BCUT2D eigenvalue weighted by Gasteiger charge is 2.13. The van der Waals surface area contributed by atoms with Gasteiger partial charge < -0.3 is 10.5 Å². The van der Waals surface area contributed by atoms with Crippen LogP contribution in [0.2, 0.25) is 0 Å². The van der Waals surface area contributed by atoms with Gasteiger partial charge in [0, 0.05) is 12.0 Å². The van der Waals surface area contributed by atoms with E-state index in [1.165, 1.54) is 0 Å². The summed E-state index contributed by atoms with van der Waals surface area (Å²) in [5.74, 6) is 1.42. The van der Waals surface area contributed by atoms with Crippen molar-refractivity contribution in [1.82, 2.24) is 0 Å². The highest BCUT2D eigenvalue weighted by atomic mass is 16.5. The summed E-state index contributed by atoms with van der Waals surface area (Å²) >= 11 is 0. The number of ether oxygens (including phenoxy) is 1. The number of hydrogen-bond acceptors (Lipinski definition) is 3. The van der Waals surface area contributed by atoms with Gasteiger partial charge in [-0.3, -0.25) is 4.79 Å². The Morgan fingerprint density at radius 1 is 1.33 bits per heavy atom. The van der Waals surface area contributed by atoms with Crippen LogP contribution < -0.4 is 10.5 Å². The maximum Gasteiger partial charge on any atom is 0.163 e. The Morgan fingerprint density at radius 3 is 2.56 bits per heavy atom. The Kier molecular flexibility index (Phi) is 5.35. The lowest BCUT2D eigenvalue weighted by atomic mass is 9.96. The zero-order valence-electron chi connectivity index (χ0n) is 11.7. The molecule has 0 spiro atoms. The van der Waals surface area contributed by atoms with E-state index in [0.29, 0.717) is 18.9 Å². The molecule has 1 aromatic rings. The van der Waals surface area contributed by atoms with Gasteiger partial charge in [-0.2, -0.15) is 0 Å². The van der Waals surface area contributed by atoms with Gasteiger partial charge in [-0.25, -0.2) is 0 Å². The van der Waals surface area contributed by atoms with E-state index in [2.05, 4.69) is 6.92 Å². The normalized spacial score (nSPS) is 12.3. The molecule has 0 radical (unpaired) electrons. The molecule has 1 rings (SSSR count). The van der Waals surface area contributed by atoms with Crippen LogP contribution in [0.5, 0.6) is 5.75 Å². The number of methoxy groups -OCH3 is 1. The molecule has 3 nitrogen and oxygen atoms in total. The maximum atomic E-state index is 12.2. The molecule has 0 amide bonds. The molecular formula is C15H23NO2. The topological polar surface area (TPSA) is 52.3 Å². The molecule has 0 saturated carbocycles. The summed E-state index contributed by atoms with van der Waals surface area (Å²) in [6, 6.07) is 3.85. The molecule has 1 atom stereocenters. The second-order valence-electron chi connectivity index (χ2n) is 4.94. The fraction of sp³-hybridized carbons (Fsp3) is 0.533. The molecule has 100 valence electrons. The molecule has 0 aliphatic carbocycles. The highest BCUT2D eigenvalue weighted by molar-refractivity contribution is 5.97. The zero-order valence-corrected chi connectivity index (χ0v) is 11.7. The van der Waals surface area contributed by atoms with Crippen LogP contribution in [0.25, 0.3) is 0 Å². The summed E-state index contributed by atoms with van der Waals surface area (Å²) in [5, 5.41) is 0. The van der Waals surface area contributed by atoms with Crippen LogP contribution >= 0.6 is 0 Å². The first kappa shape index (κ1) is 14.7. The fourth-order valence-electron chi connectivity index (χ4n) is 1.94. The van der Waals surface area contributed by atoms with Gasteiger partial charge in [0.2, 0.25) is 0 Å². The van der Waals surface area contributed by atoms with Gasteiger partial charge in [-0.15, -0.1) is 0 Å². The fourth-order valence-corrected chi connectivity index (χ4v) is 1.94. The summed E-state index contributed by atoms with van der Waals surface area (Å²) in [7, 11) is 1.65. The number of rotatable bonds is 6. The highest BCUT2D eigenvalue weighted by Crippen LogP contribution is 2.24. The Morgan fingerprint density at radius 2 is 2.00 bits per heavy atom.